The molecule has 0 spiro atoms. The van der Waals surface area contributed by atoms with E-state index in [1.165, 1.54) is 23.9 Å². The summed E-state index contributed by atoms with van der Waals surface area (Å²) < 4.78 is 22.7. The van der Waals surface area contributed by atoms with Crippen LogP contribution in [0.3, 0.4) is 0 Å². The Bertz CT molecular complexity index is 1570. The van der Waals surface area contributed by atoms with Crippen LogP contribution in [-0.4, -0.2) is 25.9 Å². The maximum absolute atomic E-state index is 13.5. The van der Waals surface area contributed by atoms with Gasteiger partial charge < -0.3 is 15.5 Å². The fraction of sp³-hybridized carbons (Fsp3) is 0.0769. The highest BCUT2D eigenvalue weighted by atomic mass is 32.2. The molecule has 1 amide bonds. The third-order valence-corrected chi connectivity index (χ3v) is 7.83. The summed E-state index contributed by atoms with van der Waals surface area (Å²) in [6.07, 6.45) is 2.98. The molecule has 37 heavy (non-hydrogen) atoms. The highest BCUT2D eigenvalue weighted by Crippen LogP contribution is 2.29. The SMILES string of the molecule is N=C(N)c1cccc(CC(NS(=O)c2cccc(NC(=O)c3cnco3)c2)c2nc3ccccc3s2)c1. The van der Waals surface area contributed by atoms with Crippen LogP contribution >= 0.6 is 11.3 Å². The van der Waals surface area contributed by atoms with Gasteiger partial charge in [0.2, 0.25) is 5.76 Å². The molecule has 2 heterocycles. The third-order valence-electron chi connectivity index (χ3n) is 5.50. The van der Waals surface area contributed by atoms with Gasteiger partial charge in [0.1, 0.15) is 21.8 Å². The van der Waals surface area contributed by atoms with Gasteiger partial charge in [-0.05, 0) is 48.4 Å². The van der Waals surface area contributed by atoms with Crippen molar-refractivity contribution in [3.8, 4) is 0 Å². The molecule has 0 aliphatic rings. The van der Waals surface area contributed by atoms with Crippen molar-refractivity contribution in [1.82, 2.24) is 14.7 Å². The number of anilines is 1. The van der Waals surface area contributed by atoms with Gasteiger partial charge >= 0.3 is 0 Å². The Labute approximate surface area is 218 Å². The number of hydrogen-bond donors (Lipinski definition) is 4. The van der Waals surface area contributed by atoms with E-state index in [1.807, 2.05) is 42.5 Å². The molecule has 11 heteroatoms. The average Bonchev–Trinajstić information content (AvgIpc) is 3.59. The second kappa shape index (κ2) is 10.8. The quantitative estimate of drug-likeness (QED) is 0.164. The van der Waals surface area contributed by atoms with Crippen molar-refractivity contribution >= 4 is 50.0 Å². The fourth-order valence-electron chi connectivity index (χ4n) is 3.73. The van der Waals surface area contributed by atoms with E-state index in [2.05, 4.69) is 15.0 Å². The molecule has 0 bridgehead atoms. The first-order valence-corrected chi connectivity index (χ1v) is 13.2. The van der Waals surface area contributed by atoms with Crippen LogP contribution in [-0.2, 0) is 17.4 Å². The Morgan fingerprint density at radius 3 is 2.73 bits per heavy atom. The van der Waals surface area contributed by atoms with Crippen LogP contribution in [0.1, 0.15) is 32.7 Å². The lowest BCUT2D eigenvalue weighted by molar-refractivity contribution is 0.0996. The maximum atomic E-state index is 13.5. The molecule has 0 aliphatic carbocycles. The minimum atomic E-state index is -1.62. The van der Waals surface area contributed by atoms with Crippen molar-refractivity contribution in [3.63, 3.8) is 0 Å². The van der Waals surface area contributed by atoms with Crippen molar-refractivity contribution in [1.29, 1.82) is 5.41 Å². The number of hydrogen-bond acceptors (Lipinski definition) is 7. The molecule has 0 aliphatic heterocycles. The molecule has 186 valence electrons. The summed E-state index contributed by atoms with van der Waals surface area (Å²) in [5.74, 6) is -0.390. The van der Waals surface area contributed by atoms with E-state index in [9.17, 15) is 9.00 Å². The maximum Gasteiger partial charge on any atom is 0.293 e. The Kier molecular flexibility index (Phi) is 7.17. The second-order valence-corrected chi connectivity index (χ2v) is 10.4. The van der Waals surface area contributed by atoms with Crippen molar-refractivity contribution in [2.45, 2.75) is 17.4 Å². The number of amidine groups is 1. The number of nitrogen functional groups attached to an aromatic ring is 1. The predicted octanol–water partition coefficient (Wildman–Crippen LogP) is 4.42. The molecule has 0 radical (unpaired) electrons. The van der Waals surface area contributed by atoms with Crippen molar-refractivity contribution in [2.75, 3.05) is 5.32 Å². The van der Waals surface area contributed by atoms with Crippen LogP contribution in [0.25, 0.3) is 10.2 Å². The van der Waals surface area contributed by atoms with Crippen LogP contribution in [0, 0.1) is 5.41 Å². The molecule has 2 atom stereocenters. The van der Waals surface area contributed by atoms with E-state index >= 15 is 0 Å². The van der Waals surface area contributed by atoms with E-state index in [4.69, 9.17) is 20.5 Å². The van der Waals surface area contributed by atoms with Crippen LogP contribution in [0.4, 0.5) is 5.69 Å². The molecule has 2 unspecified atom stereocenters. The van der Waals surface area contributed by atoms with Gasteiger partial charge in [0.25, 0.3) is 5.91 Å². The zero-order valence-electron chi connectivity index (χ0n) is 19.4. The zero-order valence-corrected chi connectivity index (χ0v) is 21.0. The molecule has 0 saturated carbocycles. The van der Waals surface area contributed by atoms with E-state index in [0.29, 0.717) is 22.6 Å². The fourth-order valence-corrected chi connectivity index (χ4v) is 5.85. The molecule has 2 aromatic heterocycles. The van der Waals surface area contributed by atoms with Crippen molar-refractivity contribution < 1.29 is 13.4 Å². The lowest BCUT2D eigenvalue weighted by Gasteiger charge is -2.17. The summed E-state index contributed by atoms with van der Waals surface area (Å²) >= 11 is 1.53. The van der Waals surface area contributed by atoms with Gasteiger partial charge in [-0.25, -0.2) is 18.9 Å². The normalized spacial score (nSPS) is 12.8. The van der Waals surface area contributed by atoms with Gasteiger partial charge in [-0.2, -0.15) is 0 Å². The molecule has 0 saturated heterocycles. The Morgan fingerprint density at radius 1 is 1.11 bits per heavy atom. The monoisotopic (exact) mass is 530 g/mol. The lowest BCUT2D eigenvalue weighted by atomic mass is 10.0. The highest BCUT2D eigenvalue weighted by Gasteiger charge is 2.21. The Morgan fingerprint density at radius 2 is 1.95 bits per heavy atom. The van der Waals surface area contributed by atoms with Gasteiger partial charge in [0.15, 0.2) is 6.39 Å². The van der Waals surface area contributed by atoms with Crippen LogP contribution in [0.5, 0.6) is 0 Å². The number of rotatable bonds is 9. The number of carbonyl (C=O) groups is 1. The summed E-state index contributed by atoms with van der Waals surface area (Å²) in [5, 5.41) is 11.3. The van der Waals surface area contributed by atoms with Gasteiger partial charge in [0.05, 0.1) is 27.4 Å². The first-order valence-electron chi connectivity index (χ1n) is 11.2. The second-order valence-electron chi connectivity index (χ2n) is 8.12. The Balaban J connectivity index is 1.41. The van der Waals surface area contributed by atoms with Gasteiger partial charge in [-0.1, -0.05) is 36.4 Å². The Hall–Kier alpha value is -4.19. The summed E-state index contributed by atoms with van der Waals surface area (Å²) in [4.78, 5) is 21.3. The van der Waals surface area contributed by atoms with E-state index in [0.717, 1.165) is 20.8 Å². The van der Waals surface area contributed by atoms with Gasteiger partial charge in [-0.15, -0.1) is 11.3 Å². The third kappa shape index (κ3) is 5.80. The predicted molar refractivity (Wildman–Crippen MR) is 144 cm³/mol. The summed E-state index contributed by atoms with van der Waals surface area (Å²) in [6.45, 7) is 0. The van der Waals surface area contributed by atoms with E-state index in [1.54, 1.807) is 30.3 Å². The van der Waals surface area contributed by atoms with Crippen LogP contribution in [0.15, 0.2) is 94.7 Å². The van der Waals surface area contributed by atoms with E-state index < -0.39 is 16.9 Å². The molecule has 5 aromatic rings. The number of aromatic nitrogens is 2. The molecular weight excluding hydrogens is 508 g/mol. The topological polar surface area (TPSA) is 147 Å². The summed E-state index contributed by atoms with van der Waals surface area (Å²) in [7, 11) is -1.62. The lowest BCUT2D eigenvalue weighted by Crippen LogP contribution is -2.26. The van der Waals surface area contributed by atoms with Crippen molar-refractivity contribution in [2.24, 2.45) is 5.73 Å². The van der Waals surface area contributed by atoms with Gasteiger partial charge in [-0.3, -0.25) is 10.2 Å². The van der Waals surface area contributed by atoms with Gasteiger partial charge in [0, 0.05) is 11.3 Å². The molecule has 3 aromatic carbocycles. The summed E-state index contributed by atoms with van der Waals surface area (Å²) in [6, 6.07) is 21.7. The molecule has 0 fully saturated rings. The van der Waals surface area contributed by atoms with Crippen LogP contribution < -0.4 is 15.8 Å². The highest BCUT2D eigenvalue weighted by molar-refractivity contribution is 7.83. The minimum Gasteiger partial charge on any atom is -0.438 e. The molecule has 5 rings (SSSR count). The number of oxazole rings is 1. The number of nitrogens with two attached hydrogens (primary N) is 1. The van der Waals surface area contributed by atoms with Crippen LogP contribution in [0.2, 0.25) is 0 Å². The van der Waals surface area contributed by atoms with E-state index in [-0.39, 0.29) is 17.6 Å². The number of benzene rings is 3. The van der Waals surface area contributed by atoms with Crippen molar-refractivity contribution in [3.05, 3.63) is 107 Å². The number of fused-ring (bicyclic) bond motifs is 1. The first-order chi connectivity index (χ1) is 18.0. The average molecular weight is 531 g/mol. The summed E-state index contributed by atoms with van der Waals surface area (Å²) in [5.41, 5.74) is 8.57. The molecule has 9 nitrogen and oxygen atoms in total. The first kappa shape index (κ1) is 24.5. The number of para-hydroxylation sites is 1. The molecular formula is C26H22N6O3S2. The number of nitrogens with one attached hydrogen (secondary N) is 3. The number of thiazole rings is 1. The largest absolute Gasteiger partial charge is 0.438 e. The number of amides is 1. The zero-order chi connectivity index (χ0) is 25.8. The smallest absolute Gasteiger partial charge is 0.293 e. The minimum absolute atomic E-state index is 0.0147. The molecule has 5 N–H and O–H groups in total. The number of carbonyl (C=O) groups excluding carboxylic acids is 1. The number of nitrogens with zero attached hydrogens (tertiary/aromatic N) is 2. The standard InChI is InChI=1S/C26H22N6O3S2/c27-24(28)17-6-3-5-16(11-17)12-21(26-31-20-9-1-2-10-23(20)36-26)32-37(34)19-8-4-7-18(13-19)30-25(33)22-14-29-15-35-22/h1-11,13-15,21,32H,12H2,(H3,27,28)(H,30,33).